The van der Waals surface area contributed by atoms with Crippen LogP contribution in [0.1, 0.15) is 45.2 Å². The molecule has 2 rings (SSSR count). The summed E-state index contributed by atoms with van der Waals surface area (Å²) < 4.78 is 11.0. The van der Waals surface area contributed by atoms with E-state index in [1.807, 2.05) is 19.1 Å². The van der Waals surface area contributed by atoms with E-state index in [-0.39, 0.29) is 0 Å². The van der Waals surface area contributed by atoms with Crippen molar-refractivity contribution in [2.24, 2.45) is 0 Å². The van der Waals surface area contributed by atoms with Crippen LogP contribution in [0.15, 0.2) is 24.3 Å². The molecule has 0 bridgehead atoms. The minimum Gasteiger partial charge on any atom is -0.494 e. The second-order valence-corrected chi connectivity index (χ2v) is 5.29. The summed E-state index contributed by atoms with van der Waals surface area (Å²) in [4.78, 5) is 0. The fourth-order valence-corrected chi connectivity index (χ4v) is 2.62. The molecule has 3 unspecified atom stereocenters. The standard InChI is InChI=1S/C16H25NO2/c1-4-18-16-7-5-14(6-8-16)13(3)17-15-9-10-19-12(2)11-15/h5-8,12-13,15,17H,4,9-11H2,1-3H3. The van der Waals surface area contributed by atoms with Gasteiger partial charge in [-0.15, -0.1) is 0 Å². The molecule has 0 spiro atoms. The van der Waals surface area contributed by atoms with Gasteiger partial charge in [0, 0.05) is 18.7 Å². The van der Waals surface area contributed by atoms with Crippen LogP contribution in [0.25, 0.3) is 0 Å². The van der Waals surface area contributed by atoms with E-state index in [1.54, 1.807) is 0 Å². The number of hydrogen-bond donors (Lipinski definition) is 1. The highest BCUT2D eigenvalue weighted by Crippen LogP contribution is 2.21. The Hall–Kier alpha value is -1.06. The van der Waals surface area contributed by atoms with E-state index in [9.17, 15) is 0 Å². The summed E-state index contributed by atoms with van der Waals surface area (Å²) in [6.07, 6.45) is 2.58. The van der Waals surface area contributed by atoms with Crippen molar-refractivity contribution in [2.75, 3.05) is 13.2 Å². The molecule has 0 aliphatic carbocycles. The fourth-order valence-electron chi connectivity index (χ4n) is 2.62. The van der Waals surface area contributed by atoms with E-state index in [4.69, 9.17) is 9.47 Å². The summed E-state index contributed by atoms with van der Waals surface area (Å²) in [5.41, 5.74) is 1.31. The average molecular weight is 263 g/mol. The maximum Gasteiger partial charge on any atom is 0.119 e. The van der Waals surface area contributed by atoms with Gasteiger partial charge in [0.2, 0.25) is 0 Å². The van der Waals surface area contributed by atoms with Crippen LogP contribution >= 0.6 is 0 Å². The maximum absolute atomic E-state index is 5.58. The maximum atomic E-state index is 5.58. The van der Waals surface area contributed by atoms with Crippen molar-refractivity contribution in [2.45, 2.75) is 51.8 Å². The zero-order chi connectivity index (χ0) is 13.7. The Balaban J connectivity index is 1.89. The topological polar surface area (TPSA) is 30.5 Å². The molecule has 0 radical (unpaired) electrons. The van der Waals surface area contributed by atoms with Crippen molar-refractivity contribution < 1.29 is 9.47 Å². The lowest BCUT2D eigenvalue weighted by Crippen LogP contribution is -2.39. The van der Waals surface area contributed by atoms with Gasteiger partial charge < -0.3 is 14.8 Å². The summed E-state index contributed by atoms with van der Waals surface area (Å²) >= 11 is 0. The molecule has 3 atom stereocenters. The Labute approximate surface area is 116 Å². The van der Waals surface area contributed by atoms with Crippen molar-refractivity contribution in [3.05, 3.63) is 29.8 Å². The van der Waals surface area contributed by atoms with Gasteiger partial charge >= 0.3 is 0 Å². The van der Waals surface area contributed by atoms with Gasteiger partial charge in [0.05, 0.1) is 12.7 Å². The van der Waals surface area contributed by atoms with E-state index in [0.29, 0.717) is 24.8 Å². The first-order valence-corrected chi connectivity index (χ1v) is 7.29. The van der Waals surface area contributed by atoms with Crippen LogP contribution in [0, 0.1) is 0 Å². The largest absolute Gasteiger partial charge is 0.494 e. The molecule has 1 aromatic carbocycles. The predicted molar refractivity (Wildman–Crippen MR) is 77.6 cm³/mol. The van der Waals surface area contributed by atoms with Gasteiger partial charge in [0.25, 0.3) is 0 Å². The fraction of sp³-hybridized carbons (Fsp3) is 0.625. The van der Waals surface area contributed by atoms with Crippen molar-refractivity contribution in [3.8, 4) is 5.75 Å². The Kier molecular flexibility index (Phi) is 5.23. The molecular weight excluding hydrogens is 238 g/mol. The summed E-state index contributed by atoms with van der Waals surface area (Å²) in [6.45, 7) is 7.96. The number of nitrogens with one attached hydrogen (secondary N) is 1. The first-order chi connectivity index (χ1) is 9.19. The Morgan fingerprint density at radius 3 is 2.74 bits per heavy atom. The number of benzene rings is 1. The smallest absolute Gasteiger partial charge is 0.119 e. The van der Waals surface area contributed by atoms with Crippen LogP contribution in [-0.2, 0) is 4.74 Å². The summed E-state index contributed by atoms with van der Waals surface area (Å²) in [7, 11) is 0. The second-order valence-electron chi connectivity index (χ2n) is 5.29. The minimum atomic E-state index is 0.367. The third kappa shape index (κ3) is 4.22. The van der Waals surface area contributed by atoms with Crippen LogP contribution in [0.2, 0.25) is 0 Å². The van der Waals surface area contributed by atoms with Crippen molar-refractivity contribution in [1.29, 1.82) is 0 Å². The normalized spacial score (nSPS) is 25.0. The Morgan fingerprint density at radius 2 is 2.11 bits per heavy atom. The molecule has 3 heteroatoms. The summed E-state index contributed by atoms with van der Waals surface area (Å²) in [6, 6.07) is 9.31. The predicted octanol–water partition coefficient (Wildman–Crippen LogP) is 3.30. The van der Waals surface area contributed by atoms with Gasteiger partial charge in [-0.05, 0) is 51.3 Å². The van der Waals surface area contributed by atoms with Crippen LogP contribution in [-0.4, -0.2) is 25.4 Å². The molecule has 0 amide bonds. The summed E-state index contributed by atoms with van der Waals surface area (Å²) in [5.74, 6) is 0.943. The van der Waals surface area contributed by atoms with E-state index in [1.165, 1.54) is 5.56 Å². The van der Waals surface area contributed by atoms with E-state index >= 15 is 0 Å². The van der Waals surface area contributed by atoms with Gasteiger partial charge in [-0.1, -0.05) is 12.1 Å². The van der Waals surface area contributed by atoms with Gasteiger partial charge in [-0.2, -0.15) is 0 Å². The van der Waals surface area contributed by atoms with Crippen LogP contribution < -0.4 is 10.1 Å². The molecule has 1 aliphatic rings. The SMILES string of the molecule is CCOc1ccc(C(C)NC2CCOC(C)C2)cc1. The summed E-state index contributed by atoms with van der Waals surface area (Å²) in [5, 5.41) is 3.70. The molecule has 1 fully saturated rings. The zero-order valence-corrected chi connectivity index (χ0v) is 12.2. The molecule has 106 valence electrons. The Morgan fingerprint density at radius 1 is 1.37 bits per heavy atom. The molecule has 19 heavy (non-hydrogen) atoms. The zero-order valence-electron chi connectivity index (χ0n) is 12.2. The quantitative estimate of drug-likeness (QED) is 0.884. The average Bonchev–Trinajstić information content (AvgIpc) is 2.40. The first kappa shape index (κ1) is 14.4. The van der Waals surface area contributed by atoms with Gasteiger partial charge in [-0.25, -0.2) is 0 Å². The van der Waals surface area contributed by atoms with Gasteiger partial charge in [0.1, 0.15) is 5.75 Å². The van der Waals surface area contributed by atoms with Gasteiger partial charge in [-0.3, -0.25) is 0 Å². The van der Waals surface area contributed by atoms with Crippen molar-refractivity contribution in [1.82, 2.24) is 5.32 Å². The molecule has 1 heterocycles. The highest BCUT2D eigenvalue weighted by Gasteiger charge is 2.20. The van der Waals surface area contributed by atoms with E-state index < -0.39 is 0 Å². The number of ether oxygens (including phenoxy) is 2. The molecule has 1 aromatic rings. The molecular formula is C16H25NO2. The lowest BCUT2D eigenvalue weighted by molar-refractivity contribution is 0.0116. The lowest BCUT2D eigenvalue weighted by Gasteiger charge is -2.30. The minimum absolute atomic E-state index is 0.367. The molecule has 0 saturated carbocycles. The van der Waals surface area contributed by atoms with Gasteiger partial charge in [0.15, 0.2) is 0 Å². The van der Waals surface area contributed by atoms with Crippen LogP contribution in [0.4, 0.5) is 0 Å². The van der Waals surface area contributed by atoms with Crippen LogP contribution in [0.5, 0.6) is 5.75 Å². The highest BCUT2D eigenvalue weighted by atomic mass is 16.5. The highest BCUT2D eigenvalue weighted by molar-refractivity contribution is 5.29. The van der Waals surface area contributed by atoms with Crippen molar-refractivity contribution >= 4 is 0 Å². The van der Waals surface area contributed by atoms with Crippen molar-refractivity contribution in [3.63, 3.8) is 0 Å². The molecule has 1 saturated heterocycles. The number of hydrogen-bond acceptors (Lipinski definition) is 3. The third-order valence-corrected chi connectivity index (χ3v) is 3.66. The molecule has 1 aliphatic heterocycles. The molecule has 0 aromatic heterocycles. The van der Waals surface area contributed by atoms with Crippen LogP contribution in [0.3, 0.4) is 0 Å². The van der Waals surface area contributed by atoms with E-state index in [0.717, 1.165) is 25.2 Å². The number of rotatable bonds is 5. The first-order valence-electron chi connectivity index (χ1n) is 7.29. The monoisotopic (exact) mass is 263 g/mol. The van der Waals surface area contributed by atoms with E-state index in [2.05, 4.69) is 31.3 Å². The third-order valence-electron chi connectivity index (χ3n) is 3.66. The second kappa shape index (κ2) is 6.92. The Bertz CT molecular complexity index is 377. The molecule has 1 N–H and O–H groups in total. The lowest BCUT2D eigenvalue weighted by atomic mass is 10.0. The molecule has 3 nitrogen and oxygen atoms in total.